The van der Waals surface area contributed by atoms with Crippen LogP contribution in [0.4, 0.5) is 4.79 Å². The highest BCUT2D eigenvalue weighted by atomic mass is 35.5. The van der Waals surface area contributed by atoms with Gasteiger partial charge in [0.05, 0.1) is 0 Å². The minimum absolute atomic E-state index is 0.158. The summed E-state index contributed by atoms with van der Waals surface area (Å²) in [5.74, 6) is -0.0822. The van der Waals surface area contributed by atoms with Gasteiger partial charge in [0.1, 0.15) is 5.38 Å². The van der Waals surface area contributed by atoms with Crippen LogP contribution in [0.1, 0.15) is 47.5 Å². The van der Waals surface area contributed by atoms with Crippen molar-refractivity contribution in [2.24, 2.45) is 5.92 Å². The van der Waals surface area contributed by atoms with Crippen molar-refractivity contribution in [3.63, 3.8) is 0 Å². The van der Waals surface area contributed by atoms with Crippen molar-refractivity contribution in [2.75, 3.05) is 6.54 Å². The molecule has 0 saturated heterocycles. The average Bonchev–Trinajstić information content (AvgIpc) is 2.28. The summed E-state index contributed by atoms with van der Waals surface area (Å²) in [6.07, 6.45) is 1.75. The fourth-order valence-corrected chi connectivity index (χ4v) is 1.85. The van der Waals surface area contributed by atoms with E-state index in [2.05, 4.69) is 19.2 Å². The van der Waals surface area contributed by atoms with Crippen molar-refractivity contribution >= 4 is 23.5 Å². The molecule has 0 saturated carbocycles. The molecule has 0 bridgehead atoms. The second-order valence-electron chi connectivity index (χ2n) is 4.93. The van der Waals surface area contributed by atoms with Crippen LogP contribution in [0.3, 0.4) is 0 Å². The zero-order valence-electron chi connectivity index (χ0n) is 12.0. The van der Waals surface area contributed by atoms with Crippen LogP contribution in [0.5, 0.6) is 0 Å². The predicted octanol–water partition coefficient (Wildman–Crippen LogP) is 3.00. The molecule has 3 amide bonds. The van der Waals surface area contributed by atoms with Crippen LogP contribution in [0.2, 0.25) is 0 Å². The molecule has 1 atom stereocenters. The van der Waals surface area contributed by atoms with Gasteiger partial charge >= 0.3 is 6.03 Å². The van der Waals surface area contributed by atoms with Gasteiger partial charge in [0.15, 0.2) is 0 Å². The van der Waals surface area contributed by atoms with Gasteiger partial charge in [0.2, 0.25) is 5.91 Å². The van der Waals surface area contributed by atoms with Gasteiger partial charge in [-0.25, -0.2) is 4.79 Å². The summed E-state index contributed by atoms with van der Waals surface area (Å²) in [5, 5.41) is 1.65. The van der Waals surface area contributed by atoms with Crippen molar-refractivity contribution in [2.45, 2.75) is 58.9 Å². The number of amides is 3. The number of carbonyl (C=O) groups is 2. The van der Waals surface area contributed by atoms with Crippen LogP contribution in [-0.4, -0.2) is 34.8 Å². The normalized spacial score (nSPS) is 12.7. The Kier molecular flexibility index (Phi) is 8.00. The third-order valence-corrected chi connectivity index (χ3v) is 3.00. The van der Waals surface area contributed by atoms with E-state index in [1.54, 1.807) is 11.8 Å². The molecule has 106 valence electrons. The van der Waals surface area contributed by atoms with E-state index >= 15 is 0 Å². The van der Waals surface area contributed by atoms with Crippen molar-refractivity contribution in [3.05, 3.63) is 0 Å². The van der Waals surface area contributed by atoms with Gasteiger partial charge in [-0.1, -0.05) is 27.7 Å². The number of carbonyl (C=O) groups excluding carboxylic acids is 2. The van der Waals surface area contributed by atoms with Crippen molar-refractivity contribution in [1.29, 1.82) is 0 Å². The lowest BCUT2D eigenvalue weighted by Crippen LogP contribution is -2.50. The van der Waals surface area contributed by atoms with Crippen LogP contribution < -0.4 is 5.32 Å². The molecule has 0 heterocycles. The maximum atomic E-state index is 12.1. The highest BCUT2D eigenvalue weighted by Crippen LogP contribution is 2.12. The standard InChI is InChI=1S/C13H25ClN2O2/c1-6-11(7-2)16(8-9(3)4)13(18)15-12(17)10(5)14/h9-11H,6-8H2,1-5H3,(H,15,17,18). The minimum atomic E-state index is -0.698. The third kappa shape index (κ3) is 5.71. The van der Waals surface area contributed by atoms with Crippen LogP contribution in [-0.2, 0) is 4.79 Å². The lowest BCUT2D eigenvalue weighted by atomic mass is 10.1. The molecule has 0 spiro atoms. The summed E-state index contributed by atoms with van der Waals surface area (Å²) in [6, 6.07) is -0.180. The Balaban J connectivity index is 4.73. The molecule has 0 rings (SSSR count). The smallest absolute Gasteiger partial charge is 0.321 e. The summed E-state index contributed by atoms with van der Waals surface area (Å²) < 4.78 is 0. The monoisotopic (exact) mass is 276 g/mol. The molecule has 0 aromatic rings. The number of nitrogens with one attached hydrogen (secondary N) is 1. The molecule has 0 aliphatic rings. The summed E-state index contributed by atoms with van der Waals surface area (Å²) in [7, 11) is 0. The quantitative estimate of drug-likeness (QED) is 0.758. The van der Waals surface area contributed by atoms with E-state index < -0.39 is 11.3 Å². The Morgan fingerprint density at radius 2 is 1.67 bits per heavy atom. The molecule has 0 aromatic carbocycles. The average molecular weight is 277 g/mol. The predicted molar refractivity (Wildman–Crippen MR) is 74.8 cm³/mol. The number of hydrogen-bond acceptors (Lipinski definition) is 2. The summed E-state index contributed by atoms with van der Waals surface area (Å²) in [6.45, 7) is 10.4. The van der Waals surface area contributed by atoms with Crippen LogP contribution in [0.15, 0.2) is 0 Å². The fraction of sp³-hybridized carbons (Fsp3) is 0.846. The second kappa shape index (κ2) is 8.35. The topological polar surface area (TPSA) is 49.4 Å². The first-order valence-corrected chi connectivity index (χ1v) is 7.02. The van der Waals surface area contributed by atoms with Crippen LogP contribution in [0, 0.1) is 5.92 Å². The molecule has 0 aromatic heterocycles. The summed E-state index contributed by atoms with van der Waals surface area (Å²) in [4.78, 5) is 25.3. The van der Waals surface area contributed by atoms with Gasteiger partial charge in [-0.3, -0.25) is 10.1 Å². The first-order chi connectivity index (χ1) is 8.33. The van der Waals surface area contributed by atoms with Gasteiger partial charge < -0.3 is 4.90 Å². The lowest BCUT2D eigenvalue weighted by Gasteiger charge is -2.32. The van der Waals surface area contributed by atoms with Crippen LogP contribution >= 0.6 is 11.6 Å². The highest BCUT2D eigenvalue weighted by molar-refractivity contribution is 6.31. The number of halogens is 1. The number of nitrogens with zero attached hydrogens (tertiary/aromatic N) is 1. The lowest BCUT2D eigenvalue weighted by molar-refractivity contribution is -0.119. The van der Waals surface area contributed by atoms with Gasteiger partial charge in [0.25, 0.3) is 0 Å². The zero-order valence-corrected chi connectivity index (χ0v) is 12.8. The van der Waals surface area contributed by atoms with Crippen LogP contribution in [0.25, 0.3) is 0 Å². The molecule has 0 radical (unpaired) electrons. The number of rotatable bonds is 6. The molecule has 0 fully saturated rings. The van der Waals surface area contributed by atoms with E-state index in [0.717, 1.165) is 12.8 Å². The van der Waals surface area contributed by atoms with Crippen molar-refractivity contribution < 1.29 is 9.59 Å². The molecule has 4 nitrogen and oxygen atoms in total. The molecule has 5 heteroatoms. The summed E-state index contributed by atoms with van der Waals surface area (Å²) >= 11 is 5.65. The number of urea groups is 1. The molecular formula is C13H25ClN2O2. The highest BCUT2D eigenvalue weighted by Gasteiger charge is 2.24. The molecule has 0 aliphatic heterocycles. The molecule has 18 heavy (non-hydrogen) atoms. The van der Waals surface area contributed by atoms with E-state index in [9.17, 15) is 9.59 Å². The molecule has 1 N–H and O–H groups in total. The zero-order chi connectivity index (χ0) is 14.3. The first-order valence-electron chi connectivity index (χ1n) is 6.58. The van der Waals surface area contributed by atoms with Gasteiger partial charge in [-0.05, 0) is 25.7 Å². The third-order valence-electron chi connectivity index (χ3n) is 2.80. The maximum absolute atomic E-state index is 12.1. The van der Waals surface area contributed by atoms with E-state index in [0.29, 0.717) is 12.5 Å². The SMILES string of the molecule is CCC(CC)N(CC(C)C)C(=O)NC(=O)C(C)Cl. The number of hydrogen-bond donors (Lipinski definition) is 1. The Bertz CT molecular complexity index is 276. The van der Waals surface area contributed by atoms with E-state index in [4.69, 9.17) is 11.6 Å². The Labute approximate surface area is 115 Å². The van der Waals surface area contributed by atoms with E-state index in [1.807, 2.05) is 13.8 Å². The molecule has 0 aliphatic carbocycles. The van der Waals surface area contributed by atoms with Crippen molar-refractivity contribution in [3.8, 4) is 0 Å². The fourth-order valence-electron chi connectivity index (χ4n) is 1.80. The first kappa shape index (κ1) is 17.2. The van der Waals surface area contributed by atoms with Gasteiger partial charge in [0, 0.05) is 12.6 Å². The second-order valence-corrected chi connectivity index (χ2v) is 5.58. The maximum Gasteiger partial charge on any atom is 0.324 e. The van der Waals surface area contributed by atoms with Crippen molar-refractivity contribution in [1.82, 2.24) is 10.2 Å². The Morgan fingerprint density at radius 3 is 2.00 bits per heavy atom. The largest absolute Gasteiger partial charge is 0.324 e. The van der Waals surface area contributed by atoms with E-state index in [-0.39, 0.29) is 12.1 Å². The van der Waals surface area contributed by atoms with E-state index in [1.165, 1.54) is 0 Å². The molecular weight excluding hydrogens is 252 g/mol. The Hall–Kier alpha value is -0.770. The Morgan fingerprint density at radius 1 is 1.17 bits per heavy atom. The van der Waals surface area contributed by atoms with Gasteiger partial charge in [-0.2, -0.15) is 0 Å². The number of imide groups is 1. The minimum Gasteiger partial charge on any atom is -0.321 e. The molecule has 1 unspecified atom stereocenters. The summed E-state index contributed by atoms with van der Waals surface area (Å²) in [5.41, 5.74) is 0. The number of alkyl halides is 1. The van der Waals surface area contributed by atoms with Gasteiger partial charge in [-0.15, -0.1) is 11.6 Å².